The van der Waals surface area contributed by atoms with Gasteiger partial charge in [0.25, 0.3) is 0 Å². The third-order valence-corrected chi connectivity index (χ3v) is 3.50. The van der Waals surface area contributed by atoms with Gasteiger partial charge in [0.05, 0.1) is 0 Å². The van der Waals surface area contributed by atoms with Crippen LogP contribution >= 0.6 is 0 Å². The van der Waals surface area contributed by atoms with Crippen LogP contribution in [0, 0.1) is 0 Å². The van der Waals surface area contributed by atoms with Crippen LogP contribution in [-0.4, -0.2) is 36.6 Å². The Morgan fingerprint density at radius 3 is 2.80 bits per heavy atom. The molecule has 2 heteroatoms. The van der Waals surface area contributed by atoms with Crippen molar-refractivity contribution in [3.63, 3.8) is 0 Å². The zero-order valence-corrected chi connectivity index (χ0v) is 10.8. The second kappa shape index (κ2) is 7.24. The van der Waals surface area contributed by atoms with Gasteiger partial charge in [0, 0.05) is 31.7 Å². The van der Waals surface area contributed by atoms with Gasteiger partial charge in [-0.05, 0) is 20.3 Å². The largest absolute Gasteiger partial charge is 0.312 e. The summed E-state index contributed by atoms with van der Waals surface area (Å²) in [6.07, 6.45) is 6.96. The van der Waals surface area contributed by atoms with Crippen LogP contribution in [0.1, 0.15) is 52.9 Å². The van der Waals surface area contributed by atoms with Crippen molar-refractivity contribution in [2.75, 3.05) is 19.6 Å². The highest BCUT2D eigenvalue weighted by atomic mass is 15.2. The predicted molar refractivity (Wildman–Crippen MR) is 67.3 cm³/mol. The van der Waals surface area contributed by atoms with Crippen molar-refractivity contribution in [3.05, 3.63) is 0 Å². The first-order valence-electron chi connectivity index (χ1n) is 6.71. The second-order valence-electron chi connectivity index (χ2n) is 5.05. The van der Waals surface area contributed by atoms with Gasteiger partial charge in [-0.1, -0.05) is 32.6 Å². The van der Waals surface area contributed by atoms with Crippen LogP contribution < -0.4 is 5.32 Å². The first kappa shape index (κ1) is 13.0. The highest BCUT2D eigenvalue weighted by Gasteiger charge is 2.19. The molecule has 0 aromatic heterocycles. The van der Waals surface area contributed by atoms with Crippen molar-refractivity contribution in [3.8, 4) is 0 Å². The fraction of sp³-hybridized carbons (Fsp3) is 1.00. The van der Waals surface area contributed by atoms with Gasteiger partial charge in [-0.25, -0.2) is 0 Å². The molecule has 1 aliphatic rings. The summed E-state index contributed by atoms with van der Waals surface area (Å²) in [5.74, 6) is 0. The first-order valence-corrected chi connectivity index (χ1v) is 6.71. The summed E-state index contributed by atoms with van der Waals surface area (Å²) in [7, 11) is 0. The summed E-state index contributed by atoms with van der Waals surface area (Å²) in [4.78, 5) is 2.65. The number of nitrogens with one attached hydrogen (secondary N) is 1. The Bertz CT molecular complexity index is 159. The fourth-order valence-corrected chi connectivity index (χ4v) is 2.41. The molecule has 2 nitrogen and oxygen atoms in total. The van der Waals surface area contributed by atoms with Gasteiger partial charge >= 0.3 is 0 Å². The monoisotopic (exact) mass is 212 g/mol. The molecule has 0 radical (unpaired) electrons. The number of hydrogen-bond acceptors (Lipinski definition) is 2. The van der Waals surface area contributed by atoms with E-state index in [1.807, 2.05) is 0 Å². The van der Waals surface area contributed by atoms with E-state index in [0.29, 0.717) is 6.04 Å². The third kappa shape index (κ3) is 4.98. The molecule has 0 bridgehead atoms. The maximum absolute atomic E-state index is 3.50. The minimum Gasteiger partial charge on any atom is -0.312 e. The Hall–Kier alpha value is -0.0800. The van der Waals surface area contributed by atoms with E-state index in [-0.39, 0.29) is 0 Å². The van der Waals surface area contributed by atoms with E-state index in [1.165, 1.54) is 51.7 Å². The van der Waals surface area contributed by atoms with Crippen LogP contribution in [0.15, 0.2) is 0 Å². The standard InChI is InChI=1S/C13H28N2/c1-4-5-6-7-8-13(3)15-10-9-14-12(2)11-15/h12-14H,4-11H2,1-3H3. The Morgan fingerprint density at radius 2 is 2.13 bits per heavy atom. The molecule has 0 saturated carbocycles. The topological polar surface area (TPSA) is 15.3 Å². The highest BCUT2D eigenvalue weighted by molar-refractivity contribution is 4.78. The van der Waals surface area contributed by atoms with Crippen LogP contribution in [0.2, 0.25) is 0 Å². The van der Waals surface area contributed by atoms with Gasteiger partial charge in [0.15, 0.2) is 0 Å². The van der Waals surface area contributed by atoms with Gasteiger partial charge in [0.1, 0.15) is 0 Å². The molecule has 90 valence electrons. The van der Waals surface area contributed by atoms with E-state index in [4.69, 9.17) is 0 Å². The number of nitrogens with zero attached hydrogens (tertiary/aromatic N) is 1. The zero-order chi connectivity index (χ0) is 11.1. The lowest BCUT2D eigenvalue weighted by molar-refractivity contribution is 0.149. The summed E-state index contributed by atoms with van der Waals surface area (Å²) >= 11 is 0. The molecule has 0 aliphatic carbocycles. The first-order chi connectivity index (χ1) is 7.24. The number of unbranched alkanes of at least 4 members (excludes halogenated alkanes) is 3. The van der Waals surface area contributed by atoms with Crippen LogP contribution in [-0.2, 0) is 0 Å². The van der Waals surface area contributed by atoms with Crippen molar-refractivity contribution < 1.29 is 0 Å². The van der Waals surface area contributed by atoms with Crippen LogP contribution in [0.4, 0.5) is 0 Å². The van der Waals surface area contributed by atoms with Gasteiger partial charge in [-0.3, -0.25) is 4.90 Å². The van der Waals surface area contributed by atoms with Crippen LogP contribution in [0.25, 0.3) is 0 Å². The van der Waals surface area contributed by atoms with Crippen molar-refractivity contribution in [1.29, 1.82) is 0 Å². The highest BCUT2D eigenvalue weighted by Crippen LogP contribution is 2.12. The average molecular weight is 212 g/mol. The minimum atomic E-state index is 0.678. The summed E-state index contributed by atoms with van der Waals surface area (Å²) in [6.45, 7) is 10.6. The van der Waals surface area contributed by atoms with Gasteiger partial charge in [-0.15, -0.1) is 0 Å². The lowest BCUT2D eigenvalue weighted by atomic mass is 10.1. The molecule has 1 heterocycles. The van der Waals surface area contributed by atoms with Crippen molar-refractivity contribution in [2.24, 2.45) is 0 Å². The summed E-state index contributed by atoms with van der Waals surface area (Å²) in [6, 6.07) is 1.46. The maximum Gasteiger partial charge on any atom is 0.0167 e. The SMILES string of the molecule is CCCCCCC(C)N1CCNC(C)C1. The van der Waals surface area contributed by atoms with E-state index in [1.54, 1.807) is 0 Å². The molecular formula is C13H28N2. The van der Waals surface area contributed by atoms with Crippen molar-refractivity contribution in [1.82, 2.24) is 10.2 Å². The second-order valence-corrected chi connectivity index (χ2v) is 5.05. The van der Waals surface area contributed by atoms with Gasteiger partial charge in [0.2, 0.25) is 0 Å². The van der Waals surface area contributed by atoms with Crippen LogP contribution in [0.3, 0.4) is 0 Å². The summed E-state index contributed by atoms with van der Waals surface area (Å²) < 4.78 is 0. The number of hydrogen-bond donors (Lipinski definition) is 1. The molecule has 15 heavy (non-hydrogen) atoms. The van der Waals surface area contributed by atoms with Crippen LogP contribution in [0.5, 0.6) is 0 Å². The molecular weight excluding hydrogens is 184 g/mol. The number of piperazine rings is 1. The summed E-state index contributed by atoms with van der Waals surface area (Å²) in [5.41, 5.74) is 0. The Balaban J connectivity index is 2.12. The number of rotatable bonds is 6. The molecule has 1 fully saturated rings. The molecule has 0 aromatic carbocycles. The summed E-state index contributed by atoms with van der Waals surface area (Å²) in [5, 5.41) is 3.50. The molecule has 1 rings (SSSR count). The smallest absolute Gasteiger partial charge is 0.0167 e. The quantitative estimate of drug-likeness (QED) is 0.681. The third-order valence-electron chi connectivity index (χ3n) is 3.50. The fourth-order valence-electron chi connectivity index (χ4n) is 2.41. The molecule has 0 amide bonds. The molecule has 0 aromatic rings. The molecule has 1 saturated heterocycles. The molecule has 2 unspecified atom stereocenters. The Kier molecular flexibility index (Phi) is 6.26. The minimum absolute atomic E-state index is 0.678. The lowest BCUT2D eigenvalue weighted by Gasteiger charge is -2.36. The molecule has 0 spiro atoms. The molecule has 1 N–H and O–H groups in total. The zero-order valence-electron chi connectivity index (χ0n) is 10.8. The maximum atomic E-state index is 3.50. The van der Waals surface area contributed by atoms with E-state index >= 15 is 0 Å². The average Bonchev–Trinajstić information content (AvgIpc) is 2.24. The van der Waals surface area contributed by atoms with Crippen molar-refractivity contribution in [2.45, 2.75) is 65.0 Å². The molecule has 2 atom stereocenters. The van der Waals surface area contributed by atoms with E-state index in [2.05, 4.69) is 31.0 Å². The molecule has 1 aliphatic heterocycles. The normalized spacial score (nSPS) is 25.4. The van der Waals surface area contributed by atoms with Crippen molar-refractivity contribution >= 4 is 0 Å². The van der Waals surface area contributed by atoms with Gasteiger partial charge in [-0.2, -0.15) is 0 Å². The van der Waals surface area contributed by atoms with E-state index in [9.17, 15) is 0 Å². The Labute approximate surface area is 95.4 Å². The van der Waals surface area contributed by atoms with E-state index < -0.39 is 0 Å². The van der Waals surface area contributed by atoms with Gasteiger partial charge < -0.3 is 5.32 Å². The Morgan fingerprint density at radius 1 is 1.33 bits per heavy atom. The van der Waals surface area contributed by atoms with E-state index in [0.717, 1.165) is 6.04 Å². The lowest BCUT2D eigenvalue weighted by Crippen LogP contribution is -2.52. The predicted octanol–water partition coefficient (Wildman–Crippen LogP) is 2.64.